The fourth-order valence-electron chi connectivity index (χ4n) is 2.96. The van der Waals surface area contributed by atoms with E-state index in [0.717, 1.165) is 30.5 Å². The topological polar surface area (TPSA) is 29.3 Å². The summed E-state index contributed by atoms with van der Waals surface area (Å²) in [4.78, 5) is 2.70. The summed E-state index contributed by atoms with van der Waals surface area (Å²) < 4.78 is 0. The first-order valence-electron chi connectivity index (χ1n) is 6.55. The molecule has 1 saturated heterocycles. The summed E-state index contributed by atoms with van der Waals surface area (Å²) in [5.74, 6) is 1.49. The molecule has 1 fully saturated rings. The molecule has 0 aromatic rings. The molecule has 90 valence electrons. The Bertz CT molecular complexity index is 179. The van der Waals surface area contributed by atoms with Gasteiger partial charge in [0, 0.05) is 18.6 Å². The molecule has 1 aliphatic rings. The normalized spacial score (nSPS) is 30.8. The van der Waals surface area contributed by atoms with Crippen molar-refractivity contribution in [1.29, 1.82) is 0 Å². The predicted molar refractivity (Wildman–Crippen MR) is 66.9 cm³/mol. The van der Waals surface area contributed by atoms with Gasteiger partial charge in [-0.05, 0) is 44.6 Å². The van der Waals surface area contributed by atoms with E-state index >= 15 is 0 Å². The first kappa shape index (κ1) is 13.0. The van der Waals surface area contributed by atoms with Crippen molar-refractivity contribution in [3.8, 4) is 0 Å². The smallest absolute Gasteiger partial charge is 0.0119 e. The van der Waals surface area contributed by atoms with E-state index in [0.29, 0.717) is 0 Å². The SMILES string of the molecule is CCC(C(C)C)N1CC(CN)CCC1C. The summed E-state index contributed by atoms with van der Waals surface area (Å²) in [6.07, 6.45) is 3.91. The first-order valence-corrected chi connectivity index (χ1v) is 6.55. The quantitative estimate of drug-likeness (QED) is 0.776. The molecule has 0 aromatic heterocycles. The third-order valence-corrected chi connectivity index (χ3v) is 3.98. The largest absolute Gasteiger partial charge is 0.330 e. The Labute approximate surface area is 95.2 Å². The zero-order valence-electron chi connectivity index (χ0n) is 10.9. The Kier molecular flexibility index (Phi) is 5.07. The fraction of sp³-hybridized carbons (Fsp3) is 1.00. The summed E-state index contributed by atoms with van der Waals surface area (Å²) in [5, 5.41) is 0. The summed E-state index contributed by atoms with van der Waals surface area (Å²) in [5.41, 5.74) is 5.80. The van der Waals surface area contributed by atoms with Crippen molar-refractivity contribution in [2.45, 2.75) is 59.0 Å². The Morgan fingerprint density at radius 3 is 2.47 bits per heavy atom. The number of nitrogens with zero attached hydrogens (tertiary/aromatic N) is 1. The fourth-order valence-corrected chi connectivity index (χ4v) is 2.96. The highest BCUT2D eigenvalue weighted by molar-refractivity contribution is 4.85. The van der Waals surface area contributed by atoms with Crippen LogP contribution in [0.4, 0.5) is 0 Å². The number of nitrogens with two attached hydrogens (primary N) is 1. The number of hydrogen-bond donors (Lipinski definition) is 1. The molecule has 1 rings (SSSR count). The Morgan fingerprint density at radius 1 is 1.33 bits per heavy atom. The van der Waals surface area contributed by atoms with Gasteiger partial charge in [-0.15, -0.1) is 0 Å². The van der Waals surface area contributed by atoms with Crippen molar-refractivity contribution in [3.63, 3.8) is 0 Å². The molecule has 0 amide bonds. The zero-order valence-corrected chi connectivity index (χ0v) is 10.9. The van der Waals surface area contributed by atoms with Gasteiger partial charge in [-0.2, -0.15) is 0 Å². The van der Waals surface area contributed by atoms with Crippen LogP contribution in [0, 0.1) is 11.8 Å². The molecule has 3 unspecified atom stereocenters. The molecule has 3 atom stereocenters. The second-order valence-electron chi connectivity index (χ2n) is 5.44. The van der Waals surface area contributed by atoms with E-state index in [2.05, 4.69) is 32.6 Å². The summed E-state index contributed by atoms with van der Waals surface area (Å²) in [6, 6.07) is 1.49. The van der Waals surface area contributed by atoms with Crippen LogP contribution in [0.25, 0.3) is 0 Å². The van der Waals surface area contributed by atoms with Crippen molar-refractivity contribution in [1.82, 2.24) is 4.90 Å². The van der Waals surface area contributed by atoms with Crippen LogP contribution in [0.5, 0.6) is 0 Å². The summed E-state index contributed by atoms with van der Waals surface area (Å²) in [6.45, 7) is 11.4. The molecular formula is C13H28N2. The minimum Gasteiger partial charge on any atom is -0.330 e. The van der Waals surface area contributed by atoms with Crippen LogP contribution >= 0.6 is 0 Å². The zero-order chi connectivity index (χ0) is 11.4. The molecule has 2 heteroatoms. The molecule has 0 radical (unpaired) electrons. The van der Waals surface area contributed by atoms with Gasteiger partial charge in [0.15, 0.2) is 0 Å². The van der Waals surface area contributed by atoms with Gasteiger partial charge >= 0.3 is 0 Å². The van der Waals surface area contributed by atoms with Gasteiger partial charge in [0.05, 0.1) is 0 Å². The molecule has 2 nitrogen and oxygen atoms in total. The second kappa shape index (κ2) is 5.86. The van der Waals surface area contributed by atoms with Crippen LogP contribution in [0.1, 0.15) is 47.0 Å². The average molecular weight is 212 g/mol. The van der Waals surface area contributed by atoms with Crippen LogP contribution < -0.4 is 5.73 Å². The molecule has 0 aliphatic carbocycles. The summed E-state index contributed by atoms with van der Waals surface area (Å²) in [7, 11) is 0. The highest BCUT2D eigenvalue weighted by atomic mass is 15.2. The lowest BCUT2D eigenvalue weighted by molar-refractivity contribution is 0.0499. The number of piperidine rings is 1. The van der Waals surface area contributed by atoms with E-state index in [4.69, 9.17) is 5.73 Å². The van der Waals surface area contributed by atoms with Crippen LogP contribution in [-0.2, 0) is 0 Å². The lowest BCUT2D eigenvalue weighted by Gasteiger charge is -2.44. The van der Waals surface area contributed by atoms with Gasteiger partial charge in [-0.3, -0.25) is 4.90 Å². The maximum absolute atomic E-state index is 5.80. The molecule has 2 N–H and O–H groups in total. The van der Waals surface area contributed by atoms with Crippen LogP contribution in [0.2, 0.25) is 0 Å². The van der Waals surface area contributed by atoms with Crippen LogP contribution in [-0.4, -0.2) is 30.1 Å². The van der Waals surface area contributed by atoms with E-state index in [9.17, 15) is 0 Å². The second-order valence-corrected chi connectivity index (χ2v) is 5.44. The van der Waals surface area contributed by atoms with Gasteiger partial charge in [-0.1, -0.05) is 20.8 Å². The van der Waals surface area contributed by atoms with E-state index < -0.39 is 0 Å². The van der Waals surface area contributed by atoms with Crippen molar-refractivity contribution < 1.29 is 0 Å². The third-order valence-electron chi connectivity index (χ3n) is 3.98. The minimum absolute atomic E-state index is 0.731. The molecule has 0 saturated carbocycles. The molecule has 1 aliphatic heterocycles. The molecule has 1 heterocycles. The lowest BCUT2D eigenvalue weighted by atomic mass is 9.89. The third kappa shape index (κ3) is 3.18. The standard InChI is InChI=1S/C13H28N2/c1-5-13(10(2)3)15-9-12(8-14)7-6-11(15)4/h10-13H,5-9,14H2,1-4H3. The Morgan fingerprint density at radius 2 is 2.00 bits per heavy atom. The van der Waals surface area contributed by atoms with Gasteiger partial charge in [0.1, 0.15) is 0 Å². The number of likely N-dealkylation sites (tertiary alicyclic amines) is 1. The van der Waals surface area contributed by atoms with Crippen molar-refractivity contribution in [2.75, 3.05) is 13.1 Å². The molecular weight excluding hydrogens is 184 g/mol. The van der Waals surface area contributed by atoms with Crippen molar-refractivity contribution >= 4 is 0 Å². The Hall–Kier alpha value is -0.0800. The van der Waals surface area contributed by atoms with Gasteiger partial charge in [0.25, 0.3) is 0 Å². The van der Waals surface area contributed by atoms with Gasteiger partial charge < -0.3 is 5.73 Å². The van der Waals surface area contributed by atoms with Gasteiger partial charge in [0.2, 0.25) is 0 Å². The number of rotatable bonds is 4. The minimum atomic E-state index is 0.731. The maximum Gasteiger partial charge on any atom is 0.0119 e. The highest BCUT2D eigenvalue weighted by Crippen LogP contribution is 2.27. The highest BCUT2D eigenvalue weighted by Gasteiger charge is 2.30. The monoisotopic (exact) mass is 212 g/mol. The molecule has 15 heavy (non-hydrogen) atoms. The predicted octanol–water partition coefficient (Wildman–Crippen LogP) is 2.48. The molecule has 0 aromatic carbocycles. The van der Waals surface area contributed by atoms with E-state index in [1.165, 1.54) is 25.8 Å². The van der Waals surface area contributed by atoms with E-state index in [-0.39, 0.29) is 0 Å². The van der Waals surface area contributed by atoms with Crippen molar-refractivity contribution in [3.05, 3.63) is 0 Å². The number of hydrogen-bond acceptors (Lipinski definition) is 2. The van der Waals surface area contributed by atoms with Crippen LogP contribution in [0.3, 0.4) is 0 Å². The van der Waals surface area contributed by atoms with Crippen LogP contribution in [0.15, 0.2) is 0 Å². The molecule has 0 spiro atoms. The molecule has 0 bridgehead atoms. The lowest BCUT2D eigenvalue weighted by Crippen LogP contribution is -2.50. The maximum atomic E-state index is 5.80. The first-order chi connectivity index (χ1) is 7.10. The van der Waals surface area contributed by atoms with E-state index in [1.807, 2.05) is 0 Å². The average Bonchev–Trinajstić information content (AvgIpc) is 2.21. The Balaban J connectivity index is 2.63. The van der Waals surface area contributed by atoms with Crippen molar-refractivity contribution in [2.24, 2.45) is 17.6 Å². The summed E-state index contributed by atoms with van der Waals surface area (Å²) >= 11 is 0. The van der Waals surface area contributed by atoms with E-state index in [1.54, 1.807) is 0 Å². The van der Waals surface area contributed by atoms with Gasteiger partial charge in [-0.25, -0.2) is 0 Å².